The predicted molar refractivity (Wildman–Crippen MR) is 73.2 cm³/mol. The summed E-state index contributed by atoms with van der Waals surface area (Å²) in [5, 5.41) is 14.0. The largest absolute Gasteiger partial charge is 0.393 e. The van der Waals surface area contributed by atoms with Crippen molar-refractivity contribution in [1.29, 1.82) is 0 Å². The van der Waals surface area contributed by atoms with E-state index in [1.54, 1.807) is 6.07 Å². The number of fused-ring (bicyclic) bond motifs is 1. The maximum atomic E-state index is 11.1. The topological polar surface area (TPSA) is 98.3 Å². The van der Waals surface area contributed by atoms with Crippen LogP contribution in [0.15, 0.2) is 12.1 Å². The Kier molecular flexibility index (Phi) is 3.42. The van der Waals surface area contributed by atoms with Gasteiger partial charge in [0, 0.05) is 17.7 Å². The molecule has 3 N–H and O–H groups in total. The number of hydrogen-bond donors (Lipinski definition) is 2. The molecule has 1 aromatic rings. The number of nitrogen functional groups attached to an aromatic ring is 1. The van der Waals surface area contributed by atoms with Gasteiger partial charge in [-0.1, -0.05) is 13.8 Å². The lowest BCUT2D eigenvalue weighted by molar-refractivity contribution is -0.383. The Morgan fingerprint density at radius 2 is 2.21 bits per heavy atom. The van der Waals surface area contributed by atoms with Crippen molar-refractivity contribution in [2.45, 2.75) is 32.2 Å². The highest BCUT2D eigenvalue weighted by atomic mass is 16.6. The van der Waals surface area contributed by atoms with Gasteiger partial charge in [-0.15, -0.1) is 0 Å². The van der Waals surface area contributed by atoms with Crippen LogP contribution in [-0.4, -0.2) is 17.3 Å². The summed E-state index contributed by atoms with van der Waals surface area (Å²) in [4.78, 5) is 21.6. The normalized spacial score (nSPS) is 21.0. The minimum absolute atomic E-state index is 0.0354. The Balaban J connectivity index is 2.47. The van der Waals surface area contributed by atoms with Crippen LogP contribution in [0, 0.1) is 16.0 Å². The Morgan fingerprint density at radius 3 is 2.74 bits per heavy atom. The van der Waals surface area contributed by atoms with Crippen molar-refractivity contribution < 1.29 is 9.72 Å². The third kappa shape index (κ3) is 2.38. The van der Waals surface area contributed by atoms with E-state index in [4.69, 9.17) is 5.73 Å². The van der Waals surface area contributed by atoms with E-state index in [1.165, 1.54) is 6.07 Å². The molecule has 6 heteroatoms. The SMILES string of the molecule is CC(C)CC1c2cc([N+](=O)[O-])c(N)cc2NC1C=O. The highest BCUT2D eigenvalue weighted by Crippen LogP contribution is 2.43. The first-order valence-electron chi connectivity index (χ1n) is 6.23. The molecule has 0 spiro atoms. The lowest BCUT2D eigenvalue weighted by Gasteiger charge is -2.17. The van der Waals surface area contributed by atoms with E-state index in [0.29, 0.717) is 5.92 Å². The van der Waals surface area contributed by atoms with Crippen molar-refractivity contribution in [3.63, 3.8) is 0 Å². The summed E-state index contributed by atoms with van der Waals surface area (Å²) < 4.78 is 0. The number of nitro groups is 1. The van der Waals surface area contributed by atoms with Gasteiger partial charge in [0.25, 0.3) is 5.69 Å². The van der Waals surface area contributed by atoms with E-state index in [2.05, 4.69) is 19.2 Å². The molecule has 0 bridgehead atoms. The molecule has 0 radical (unpaired) electrons. The summed E-state index contributed by atoms with van der Waals surface area (Å²) >= 11 is 0. The second-order valence-corrected chi connectivity index (χ2v) is 5.30. The number of carbonyl (C=O) groups excluding carboxylic acids is 1. The smallest absolute Gasteiger partial charge is 0.292 e. The summed E-state index contributed by atoms with van der Waals surface area (Å²) in [6, 6.07) is 2.71. The maximum Gasteiger partial charge on any atom is 0.292 e. The molecule has 1 heterocycles. The Bertz CT molecular complexity index is 528. The summed E-state index contributed by atoms with van der Waals surface area (Å²) in [6.45, 7) is 4.12. The van der Waals surface area contributed by atoms with Gasteiger partial charge in [0.15, 0.2) is 0 Å². The monoisotopic (exact) mass is 263 g/mol. The number of aldehydes is 1. The summed E-state index contributed by atoms with van der Waals surface area (Å²) in [7, 11) is 0. The fourth-order valence-electron chi connectivity index (χ4n) is 2.59. The van der Waals surface area contributed by atoms with Gasteiger partial charge < -0.3 is 15.8 Å². The van der Waals surface area contributed by atoms with E-state index >= 15 is 0 Å². The van der Waals surface area contributed by atoms with Crippen molar-refractivity contribution in [2.24, 2.45) is 5.92 Å². The highest BCUT2D eigenvalue weighted by Gasteiger charge is 2.34. The molecule has 0 saturated carbocycles. The minimum Gasteiger partial charge on any atom is -0.393 e. The zero-order chi connectivity index (χ0) is 14.2. The fraction of sp³-hybridized carbons (Fsp3) is 0.462. The van der Waals surface area contributed by atoms with Crippen LogP contribution in [0.25, 0.3) is 0 Å². The summed E-state index contributed by atoms with van der Waals surface area (Å²) in [5.74, 6) is 0.364. The molecule has 0 aliphatic carbocycles. The van der Waals surface area contributed by atoms with Crippen LogP contribution in [0.5, 0.6) is 0 Å². The number of nitrogens with one attached hydrogen (secondary N) is 1. The molecule has 1 aliphatic heterocycles. The number of nitrogens with two attached hydrogens (primary N) is 1. The van der Waals surface area contributed by atoms with Crippen LogP contribution >= 0.6 is 0 Å². The number of nitrogens with zero attached hydrogens (tertiary/aromatic N) is 1. The van der Waals surface area contributed by atoms with Gasteiger partial charge in [-0.05, 0) is 24.0 Å². The summed E-state index contributed by atoms with van der Waals surface area (Å²) in [6.07, 6.45) is 1.65. The molecule has 0 saturated heterocycles. The quantitative estimate of drug-likeness (QED) is 0.376. The van der Waals surface area contributed by atoms with Crippen LogP contribution in [0.1, 0.15) is 31.7 Å². The molecule has 6 nitrogen and oxygen atoms in total. The summed E-state index contributed by atoms with van der Waals surface area (Å²) in [5.41, 5.74) is 7.22. The third-order valence-electron chi connectivity index (χ3n) is 3.42. The molecular formula is C13H17N3O3. The van der Waals surface area contributed by atoms with Crippen molar-refractivity contribution in [2.75, 3.05) is 11.1 Å². The first kappa shape index (κ1) is 13.3. The van der Waals surface area contributed by atoms with Gasteiger partial charge in [0.05, 0.1) is 11.0 Å². The zero-order valence-electron chi connectivity index (χ0n) is 10.9. The average Bonchev–Trinajstić information content (AvgIpc) is 2.64. The molecule has 19 heavy (non-hydrogen) atoms. The molecule has 0 aromatic heterocycles. The maximum absolute atomic E-state index is 11.1. The molecule has 2 atom stereocenters. The van der Waals surface area contributed by atoms with Gasteiger partial charge in [-0.25, -0.2) is 0 Å². The van der Waals surface area contributed by atoms with Crippen LogP contribution in [0.3, 0.4) is 0 Å². The average molecular weight is 263 g/mol. The van der Waals surface area contributed by atoms with Gasteiger partial charge in [-0.3, -0.25) is 10.1 Å². The van der Waals surface area contributed by atoms with Crippen molar-refractivity contribution in [1.82, 2.24) is 0 Å². The van der Waals surface area contributed by atoms with E-state index in [9.17, 15) is 14.9 Å². The molecular weight excluding hydrogens is 246 g/mol. The van der Waals surface area contributed by atoms with Crippen LogP contribution in [0.2, 0.25) is 0 Å². The zero-order valence-corrected chi connectivity index (χ0v) is 10.9. The highest BCUT2D eigenvalue weighted by molar-refractivity contribution is 5.79. The van der Waals surface area contributed by atoms with Crippen molar-refractivity contribution >= 4 is 23.3 Å². The second kappa shape index (κ2) is 4.87. The van der Waals surface area contributed by atoms with E-state index in [-0.39, 0.29) is 23.3 Å². The number of hydrogen-bond acceptors (Lipinski definition) is 5. The molecule has 102 valence electrons. The Morgan fingerprint density at radius 1 is 1.53 bits per heavy atom. The number of nitro benzene ring substituents is 1. The van der Waals surface area contributed by atoms with E-state index < -0.39 is 4.92 Å². The number of benzene rings is 1. The van der Waals surface area contributed by atoms with E-state index in [0.717, 1.165) is 24.0 Å². The first-order valence-corrected chi connectivity index (χ1v) is 6.23. The van der Waals surface area contributed by atoms with E-state index in [1.807, 2.05) is 0 Å². The lowest BCUT2D eigenvalue weighted by Crippen LogP contribution is -2.23. The predicted octanol–water partition coefficient (Wildman–Crippen LogP) is 2.30. The molecule has 1 aromatic carbocycles. The van der Waals surface area contributed by atoms with Gasteiger partial charge in [0.1, 0.15) is 12.0 Å². The number of rotatable bonds is 4. The van der Waals surface area contributed by atoms with Crippen LogP contribution in [-0.2, 0) is 4.79 Å². The standard InChI is InChI=1S/C13H17N3O3/c1-7(2)3-8-9-4-13(16(18)19)10(14)5-11(9)15-12(8)6-17/h4-8,12,15H,3,14H2,1-2H3. The minimum atomic E-state index is -0.490. The molecule has 1 aliphatic rings. The van der Waals surface area contributed by atoms with Crippen LogP contribution in [0.4, 0.5) is 17.1 Å². The van der Waals surface area contributed by atoms with Gasteiger partial charge >= 0.3 is 0 Å². The van der Waals surface area contributed by atoms with Crippen molar-refractivity contribution in [3.05, 3.63) is 27.8 Å². The second-order valence-electron chi connectivity index (χ2n) is 5.30. The van der Waals surface area contributed by atoms with Crippen LogP contribution < -0.4 is 11.1 Å². The molecule has 0 amide bonds. The Hall–Kier alpha value is -2.11. The number of carbonyl (C=O) groups is 1. The number of anilines is 2. The van der Waals surface area contributed by atoms with Crippen molar-refractivity contribution in [3.8, 4) is 0 Å². The Labute approximate surface area is 111 Å². The molecule has 2 unspecified atom stereocenters. The fourth-order valence-corrected chi connectivity index (χ4v) is 2.59. The molecule has 0 fully saturated rings. The third-order valence-corrected chi connectivity index (χ3v) is 3.42. The van der Waals surface area contributed by atoms with Gasteiger partial charge in [-0.2, -0.15) is 0 Å². The first-order chi connectivity index (χ1) is 8.93. The molecule has 2 rings (SSSR count). The lowest BCUT2D eigenvalue weighted by atomic mass is 9.87. The van der Waals surface area contributed by atoms with Gasteiger partial charge in [0.2, 0.25) is 0 Å².